The number of amides is 3. The lowest BCUT2D eigenvalue weighted by atomic mass is 10.1. The summed E-state index contributed by atoms with van der Waals surface area (Å²) in [7, 11) is 1.56. The Morgan fingerprint density at radius 2 is 1.83 bits per heavy atom. The van der Waals surface area contributed by atoms with Gasteiger partial charge in [-0.25, -0.2) is 4.98 Å². The van der Waals surface area contributed by atoms with Crippen LogP contribution in [0.5, 0.6) is 0 Å². The lowest BCUT2D eigenvalue weighted by molar-refractivity contribution is 0.0638. The van der Waals surface area contributed by atoms with Gasteiger partial charge in [-0.05, 0) is 36.8 Å². The van der Waals surface area contributed by atoms with Gasteiger partial charge in [-0.1, -0.05) is 0 Å². The minimum Gasteiger partial charge on any atom is -0.385 e. The topological polar surface area (TPSA) is 119 Å². The van der Waals surface area contributed by atoms with E-state index < -0.39 is 11.8 Å². The Balaban J connectivity index is 1.47. The van der Waals surface area contributed by atoms with Crippen LogP contribution in [0.15, 0.2) is 49.2 Å². The van der Waals surface area contributed by atoms with Crippen molar-refractivity contribution in [3.63, 3.8) is 0 Å². The van der Waals surface area contributed by atoms with Gasteiger partial charge in [-0.3, -0.25) is 23.9 Å². The van der Waals surface area contributed by atoms with Crippen LogP contribution in [0, 0.1) is 0 Å². The summed E-state index contributed by atoms with van der Waals surface area (Å²) in [4.78, 5) is 43.1. The van der Waals surface area contributed by atoms with E-state index in [0.29, 0.717) is 30.1 Å². The van der Waals surface area contributed by atoms with Crippen molar-refractivity contribution in [3.05, 3.63) is 65.9 Å². The van der Waals surface area contributed by atoms with E-state index in [4.69, 9.17) is 4.74 Å². The predicted molar refractivity (Wildman–Crippen MR) is 105 cm³/mol. The molecule has 30 heavy (non-hydrogen) atoms. The lowest BCUT2D eigenvalue weighted by Crippen LogP contribution is -2.31. The maximum atomic E-state index is 12.6. The summed E-state index contributed by atoms with van der Waals surface area (Å²) in [5, 5.41) is 10.2. The zero-order valence-electron chi connectivity index (χ0n) is 16.1. The molecule has 0 atom stereocenters. The Bertz CT molecular complexity index is 1090. The molecule has 10 nitrogen and oxygen atoms in total. The number of pyridine rings is 1. The summed E-state index contributed by atoms with van der Waals surface area (Å²) in [6, 6.07) is 7.88. The van der Waals surface area contributed by atoms with Gasteiger partial charge in [0.1, 0.15) is 18.5 Å². The van der Waals surface area contributed by atoms with E-state index >= 15 is 0 Å². The van der Waals surface area contributed by atoms with E-state index in [0.717, 1.165) is 0 Å². The van der Waals surface area contributed by atoms with Gasteiger partial charge in [0.05, 0.1) is 23.0 Å². The Morgan fingerprint density at radius 3 is 2.53 bits per heavy atom. The third kappa shape index (κ3) is 3.67. The highest BCUT2D eigenvalue weighted by molar-refractivity contribution is 6.22. The number of fused-ring (bicyclic) bond motifs is 1. The fraction of sp³-hybridized carbons (Fsp3) is 0.200. The monoisotopic (exact) mass is 406 g/mol. The van der Waals surface area contributed by atoms with Crippen LogP contribution >= 0.6 is 0 Å². The average Bonchev–Trinajstić information content (AvgIpc) is 3.38. The number of nitrogens with zero attached hydrogens (tertiary/aromatic N) is 5. The van der Waals surface area contributed by atoms with Gasteiger partial charge in [0, 0.05) is 25.8 Å². The maximum absolute atomic E-state index is 12.6. The van der Waals surface area contributed by atoms with Crippen LogP contribution in [0.4, 0.5) is 5.69 Å². The molecule has 1 N–H and O–H groups in total. The van der Waals surface area contributed by atoms with Crippen molar-refractivity contribution < 1.29 is 19.1 Å². The number of carbonyl (C=O) groups excluding carboxylic acids is 3. The number of nitrogens with one attached hydrogen (secondary N) is 1. The molecule has 10 heteroatoms. The highest BCUT2D eigenvalue weighted by Gasteiger charge is 2.35. The minimum absolute atomic E-state index is 0.228. The van der Waals surface area contributed by atoms with E-state index in [-0.39, 0.29) is 23.6 Å². The summed E-state index contributed by atoms with van der Waals surface area (Å²) < 4.78 is 6.60. The first-order valence-corrected chi connectivity index (χ1v) is 9.20. The molecule has 1 aliphatic rings. The SMILES string of the molecule is COCCCN1C(=O)c2ccc(C(=O)Nc3ccc(-n4cnnc4)nc3)cc2C1=O. The van der Waals surface area contributed by atoms with Crippen molar-refractivity contribution in [1.82, 2.24) is 24.6 Å². The van der Waals surface area contributed by atoms with E-state index in [1.165, 1.54) is 42.0 Å². The highest BCUT2D eigenvalue weighted by atomic mass is 16.5. The summed E-state index contributed by atoms with van der Waals surface area (Å²) >= 11 is 0. The molecule has 0 radical (unpaired) electrons. The second kappa shape index (κ2) is 8.21. The summed E-state index contributed by atoms with van der Waals surface area (Å²) in [6.45, 7) is 0.720. The van der Waals surface area contributed by atoms with Gasteiger partial charge in [-0.15, -0.1) is 10.2 Å². The Hall–Kier alpha value is -3.92. The summed E-state index contributed by atoms with van der Waals surface area (Å²) in [5.74, 6) is -0.560. The number of rotatable bonds is 7. The molecule has 3 amide bonds. The largest absolute Gasteiger partial charge is 0.385 e. The molecule has 0 bridgehead atoms. The number of imide groups is 1. The Kier molecular flexibility index (Phi) is 5.31. The number of aromatic nitrogens is 4. The molecular formula is C20H18N6O4. The second-order valence-electron chi connectivity index (χ2n) is 6.60. The van der Waals surface area contributed by atoms with Crippen LogP contribution in [0.3, 0.4) is 0 Å². The van der Waals surface area contributed by atoms with E-state index in [9.17, 15) is 14.4 Å². The fourth-order valence-electron chi connectivity index (χ4n) is 3.14. The van der Waals surface area contributed by atoms with Gasteiger partial charge < -0.3 is 10.1 Å². The summed E-state index contributed by atoms with van der Waals surface area (Å²) in [6.07, 6.45) is 5.09. The number of methoxy groups -OCH3 is 1. The number of hydrogen-bond donors (Lipinski definition) is 1. The van der Waals surface area contributed by atoms with Crippen LogP contribution in [0.1, 0.15) is 37.5 Å². The first kappa shape index (κ1) is 19.4. The van der Waals surface area contributed by atoms with Gasteiger partial charge in [0.2, 0.25) is 0 Å². The van der Waals surface area contributed by atoms with Crippen LogP contribution in [0.2, 0.25) is 0 Å². The molecule has 3 aromatic rings. The number of anilines is 1. The van der Waals surface area contributed by atoms with Crippen molar-refractivity contribution >= 4 is 23.4 Å². The predicted octanol–water partition coefficient (Wildman–Crippen LogP) is 1.55. The molecule has 0 saturated heterocycles. The molecule has 152 valence electrons. The second-order valence-corrected chi connectivity index (χ2v) is 6.60. The molecule has 0 unspecified atom stereocenters. The van der Waals surface area contributed by atoms with Gasteiger partial charge in [-0.2, -0.15) is 0 Å². The molecule has 0 aliphatic carbocycles. The van der Waals surface area contributed by atoms with E-state index in [2.05, 4.69) is 20.5 Å². The molecule has 3 heterocycles. The maximum Gasteiger partial charge on any atom is 0.261 e. The number of carbonyl (C=O) groups is 3. The van der Waals surface area contributed by atoms with Crippen molar-refractivity contribution in [1.29, 1.82) is 0 Å². The molecule has 0 fully saturated rings. The van der Waals surface area contributed by atoms with Crippen molar-refractivity contribution in [2.24, 2.45) is 0 Å². The fourth-order valence-corrected chi connectivity index (χ4v) is 3.14. The third-order valence-electron chi connectivity index (χ3n) is 4.65. The summed E-state index contributed by atoms with van der Waals surface area (Å²) in [5.41, 5.74) is 1.29. The van der Waals surface area contributed by atoms with E-state index in [1.807, 2.05) is 0 Å². The van der Waals surface area contributed by atoms with E-state index in [1.54, 1.807) is 23.8 Å². The standard InChI is InChI=1S/C20H18N6O4/c1-30-8-2-7-26-19(28)15-5-3-13(9-16(15)20(26)29)18(27)24-14-4-6-17(21-10-14)25-11-22-23-12-25/h3-6,9-12H,2,7-8H2,1H3,(H,24,27). The average molecular weight is 406 g/mol. The smallest absolute Gasteiger partial charge is 0.261 e. The Labute approximate surface area is 171 Å². The first-order valence-electron chi connectivity index (χ1n) is 9.20. The molecule has 2 aromatic heterocycles. The van der Waals surface area contributed by atoms with Gasteiger partial charge in [0.25, 0.3) is 17.7 Å². The van der Waals surface area contributed by atoms with Crippen molar-refractivity contribution in [2.75, 3.05) is 25.6 Å². The third-order valence-corrected chi connectivity index (χ3v) is 4.65. The zero-order valence-corrected chi connectivity index (χ0v) is 16.1. The number of hydrogen-bond acceptors (Lipinski definition) is 7. The highest BCUT2D eigenvalue weighted by Crippen LogP contribution is 2.24. The first-order chi connectivity index (χ1) is 14.6. The lowest BCUT2D eigenvalue weighted by Gasteiger charge is -2.12. The molecule has 1 aliphatic heterocycles. The minimum atomic E-state index is -0.408. The van der Waals surface area contributed by atoms with Crippen LogP contribution in [-0.2, 0) is 4.74 Å². The zero-order chi connectivity index (χ0) is 21.1. The molecule has 1 aromatic carbocycles. The van der Waals surface area contributed by atoms with Crippen LogP contribution in [0.25, 0.3) is 5.82 Å². The normalized spacial score (nSPS) is 12.9. The van der Waals surface area contributed by atoms with Crippen LogP contribution in [-0.4, -0.2) is 62.6 Å². The van der Waals surface area contributed by atoms with Crippen molar-refractivity contribution in [3.8, 4) is 5.82 Å². The number of ether oxygens (including phenoxy) is 1. The molecule has 0 spiro atoms. The number of benzene rings is 1. The Morgan fingerprint density at radius 1 is 1.07 bits per heavy atom. The molecular weight excluding hydrogens is 388 g/mol. The molecule has 0 saturated carbocycles. The van der Waals surface area contributed by atoms with Gasteiger partial charge >= 0.3 is 0 Å². The van der Waals surface area contributed by atoms with Crippen molar-refractivity contribution in [2.45, 2.75) is 6.42 Å². The quantitative estimate of drug-likeness (QED) is 0.467. The van der Waals surface area contributed by atoms with Crippen LogP contribution < -0.4 is 5.32 Å². The molecule has 4 rings (SSSR count). The van der Waals surface area contributed by atoms with Gasteiger partial charge in [0.15, 0.2) is 0 Å².